The van der Waals surface area contributed by atoms with E-state index in [0.717, 1.165) is 6.42 Å². The van der Waals surface area contributed by atoms with Gasteiger partial charge >= 0.3 is 0 Å². The van der Waals surface area contributed by atoms with Gasteiger partial charge < -0.3 is 10.2 Å². The Balaban J connectivity index is 1.61. The lowest BCUT2D eigenvalue weighted by Gasteiger charge is -2.26. The van der Waals surface area contributed by atoms with Crippen molar-refractivity contribution in [3.05, 3.63) is 44.8 Å². The third kappa shape index (κ3) is 4.39. The van der Waals surface area contributed by atoms with Crippen LogP contribution in [0, 0.1) is 0 Å². The molecule has 0 radical (unpaired) electrons. The van der Waals surface area contributed by atoms with Crippen LogP contribution in [0.25, 0.3) is 0 Å². The second kappa shape index (κ2) is 7.54. The molecule has 0 bridgehead atoms. The highest BCUT2D eigenvalue weighted by atomic mass is 32.1. The molecule has 1 aliphatic heterocycles. The van der Waals surface area contributed by atoms with E-state index in [1.165, 1.54) is 42.2 Å². The van der Waals surface area contributed by atoms with E-state index in [1.807, 2.05) is 22.7 Å². The van der Waals surface area contributed by atoms with Crippen molar-refractivity contribution in [3.63, 3.8) is 0 Å². The van der Waals surface area contributed by atoms with Gasteiger partial charge in [0.25, 0.3) is 0 Å². The molecule has 2 aromatic rings. The first-order chi connectivity index (χ1) is 10.3. The minimum absolute atomic E-state index is 0.446. The van der Waals surface area contributed by atoms with Gasteiger partial charge in [0.2, 0.25) is 0 Å². The molecule has 2 nitrogen and oxygen atoms in total. The lowest BCUT2D eigenvalue weighted by molar-refractivity contribution is 0.286. The van der Waals surface area contributed by atoms with Crippen molar-refractivity contribution in [1.82, 2.24) is 10.2 Å². The highest BCUT2D eigenvalue weighted by Crippen LogP contribution is 2.25. The largest absolute Gasteiger partial charge is 0.305 e. The van der Waals surface area contributed by atoms with Crippen LogP contribution < -0.4 is 5.32 Å². The lowest BCUT2D eigenvalue weighted by atomic mass is 10.1. The maximum Gasteiger partial charge on any atom is 0.0466 e. The van der Waals surface area contributed by atoms with Gasteiger partial charge in [-0.1, -0.05) is 12.1 Å². The van der Waals surface area contributed by atoms with Crippen LogP contribution in [0.1, 0.15) is 35.6 Å². The molecule has 0 amide bonds. The summed E-state index contributed by atoms with van der Waals surface area (Å²) in [5.74, 6) is 0. The summed E-state index contributed by atoms with van der Waals surface area (Å²) in [5.41, 5.74) is 0. The van der Waals surface area contributed by atoms with Crippen LogP contribution in [-0.4, -0.2) is 30.6 Å². The lowest BCUT2D eigenvalue weighted by Crippen LogP contribution is -2.40. The molecule has 1 fully saturated rings. The average Bonchev–Trinajstić information content (AvgIpc) is 3.22. The van der Waals surface area contributed by atoms with Crippen molar-refractivity contribution in [2.24, 2.45) is 0 Å². The SMILES string of the molecule is CC(CN1CCCC1)NC(Cc1cccs1)c1cccs1. The summed E-state index contributed by atoms with van der Waals surface area (Å²) < 4.78 is 0. The fraction of sp³-hybridized carbons (Fsp3) is 0.529. The fourth-order valence-electron chi connectivity index (χ4n) is 3.11. The number of nitrogens with zero attached hydrogens (tertiary/aromatic N) is 1. The first kappa shape index (κ1) is 15.2. The van der Waals surface area contributed by atoms with E-state index < -0.39 is 0 Å². The smallest absolute Gasteiger partial charge is 0.0466 e. The topological polar surface area (TPSA) is 15.3 Å². The molecule has 1 N–H and O–H groups in total. The Kier molecular flexibility index (Phi) is 5.47. The average molecular weight is 321 g/mol. The standard InChI is InChI=1S/C17H24N2S2/c1-14(13-19-8-2-3-9-19)18-16(17-7-5-11-21-17)12-15-6-4-10-20-15/h4-7,10-11,14,16,18H,2-3,8-9,12-13H2,1H3. The van der Waals surface area contributed by atoms with Gasteiger partial charge in [0.1, 0.15) is 0 Å². The van der Waals surface area contributed by atoms with E-state index in [1.54, 1.807) is 0 Å². The van der Waals surface area contributed by atoms with E-state index in [4.69, 9.17) is 0 Å². The molecule has 114 valence electrons. The maximum atomic E-state index is 3.86. The van der Waals surface area contributed by atoms with Crippen molar-refractivity contribution in [3.8, 4) is 0 Å². The summed E-state index contributed by atoms with van der Waals surface area (Å²) in [5, 5.41) is 8.22. The van der Waals surface area contributed by atoms with Gasteiger partial charge in [0.15, 0.2) is 0 Å². The van der Waals surface area contributed by atoms with Gasteiger partial charge in [0.05, 0.1) is 0 Å². The number of thiophene rings is 2. The summed E-state index contributed by atoms with van der Waals surface area (Å²) in [4.78, 5) is 5.51. The molecule has 21 heavy (non-hydrogen) atoms. The molecule has 4 heteroatoms. The second-order valence-corrected chi connectivity index (χ2v) is 7.94. The van der Waals surface area contributed by atoms with E-state index >= 15 is 0 Å². The second-order valence-electron chi connectivity index (χ2n) is 5.93. The van der Waals surface area contributed by atoms with E-state index in [0.29, 0.717) is 12.1 Å². The third-order valence-electron chi connectivity index (χ3n) is 4.09. The van der Waals surface area contributed by atoms with Crippen molar-refractivity contribution in [1.29, 1.82) is 0 Å². The Morgan fingerprint density at radius 1 is 1.14 bits per heavy atom. The Morgan fingerprint density at radius 3 is 2.57 bits per heavy atom. The van der Waals surface area contributed by atoms with Crippen molar-refractivity contribution >= 4 is 22.7 Å². The molecule has 2 atom stereocenters. The molecule has 0 aliphatic carbocycles. The van der Waals surface area contributed by atoms with Crippen LogP contribution >= 0.6 is 22.7 Å². The number of hydrogen-bond donors (Lipinski definition) is 1. The summed E-state index contributed by atoms with van der Waals surface area (Å²) in [6.45, 7) is 6.06. The number of likely N-dealkylation sites (tertiary alicyclic amines) is 1. The number of nitrogens with one attached hydrogen (secondary N) is 1. The molecule has 2 unspecified atom stereocenters. The minimum Gasteiger partial charge on any atom is -0.305 e. The molecule has 0 spiro atoms. The predicted molar refractivity (Wildman–Crippen MR) is 93.4 cm³/mol. The van der Waals surface area contributed by atoms with Crippen molar-refractivity contribution in [2.45, 2.75) is 38.3 Å². The Bertz CT molecular complexity index is 501. The van der Waals surface area contributed by atoms with Crippen LogP contribution in [0.15, 0.2) is 35.0 Å². The molecular weight excluding hydrogens is 296 g/mol. The van der Waals surface area contributed by atoms with E-state index in [-0.39, 0.29) is 0 Å². The van der Waals surface area contributed by atoms with Crippen molar-refractivity contribution < 1.29 is 0 Å². The van der Waals surface area contributed by atoms with Gasteiger partial charge in [-0.2, -0.15) is 0 Å². The Morgan fingerprint density at radius 2 is 1.90 bits per heavy atom. The first-order valence-electron chi connectivity index (χ1n) is 7.85. The summed E-state index contributed by atoms with van der Waals surface area (Å²) in [6, 6.07) is 9.81. The van der Waals surface area contributed by atoms with Crippen LogP contribution in [0.4, 0.5) is 0 Å². The first-order valence-corrected chi connectivity index (χ1v) is 9.61. The van der Waals surface area contributed by atoms with Gasteiger partial charge in [0, 0.05) is 34.8 Å². The van der Waals surface area contributed by atoms with Crippen LogP contribution in [0.3, 0.4) is 0 Å². The van der Waals surface area contributed by atoms with Gasteiger partial charge in [-0.3, -0.25) is 0 Å². The molecular formula is C17H24N2S2. The summed E-state index contributed by atoms with van der Waals surface area (Å²) in [7, 11) is 0. The van der Waals surface area contributed by atoms with Gasteiger partial charge in [-0.05, 0) is 55.7 Å². The number of rotatable bonds is 7. The van der Waals surface area contributed by atoms with E-state index in [9.17, 15) is 0 Å². The van der Waals surface area contributed by atoms with Crippen LogP contribution in [-0.2, 0) is 6.42 Å². The Labute approximate surface area is 135 Å². The molecule has 1 saturated heterocycles. The quantitative estimate of drug-likeness (QED) is 0.824. The molecule has 3 rings (SSSR count). The maximum absolute atomic E-state index is 3.86. The van der Waals surface area contributed by atoms with Crippen molar-refractivity contribution in [2.75, 3.05) is 19.6 Å². The summed E-state index contributed by atoms with van der Waals surface area (Å²) >= 11 is 3.73. The highest BCUT2D eigenvalue weighted by Gasteiger charge is 2.19. The molecule has 0 aromatic carbocycles. The predicted octanol–water partition coefficient (Wildman–Crippen LogP) is 4.17. The van der Waals surface area contributed by atoms with Crippen LogP contribution in [0.5, 0.6) is 0 Å². The molecule has 0 saturated carbocycles. The zero-order valence-corrected chi connectivity index (χ0v) is 14.3. The van der Waals surface area contributed by atoms with Gasteiger partial charge in [-0.15, -0.1) is 22.7 Å². The normalized spacial score (nSPS) is 18.9. The fourth-order valence-corrected chi connectivity index (χ4v) is 4.65. The zero-order valence-electron chi connectivity index (χ0n) is 12.6. The molecule has 3 heterocycles. The molecule has 2 aromatic heterocycles. The third-order valence-corrected chi connectivity index (χ3v) is 5.97. The Hall–Kier alpha value is -0.680. The highest BCUT2D eigenvalue weighted by molar-refractivity contribution is 7.10. The van der Waals surface area contributed by atoms with Crippen LogP contribution in [0.2, 0.25) is 0 Å². The van der Waals surface area contributed by atoms with E-state index in [2.05, 4.69) is 52.2 Å². The zero-order chi connectivity index (χ0) is 14.5. The number of hydrogen-bond acceptors (Lipinski definition) is 4. The molecule has 1 aliphatic rings. The monoisotopic (exact) mass is 320 g/mol. The minimum atomic E-state index is 0.446. The van der Waals surface area contributed by atoms with Gasteiger partial charge in [-0.25, -0.2) is 0 Å². The summed E-state index contributed by atoms with van der Waals surface area (Å²) in [6.07, 6.45) is 3.84.